The molecule has 1 heterocycles. The molecule has 1 aliphatic heterocycles. The van der Waals surface area contributed by atoms with E-state index in [4.69, 9.17) is 8.92 Å². The van der Waals surface area contributed by atoms with E-state index in [0.29, 0.717) is 39.3 Å². The zero-order valence-corrected chi connectivity index (χ0v) is 22.4. The average Bonchev–Trinajstić information content (AvgIpc) is 2.63. The third kappa shape index (κ3) is 16.1. The van der Waals surface area contributed by atoms with Gasteiger partial charge in [-0.25, -0.2) is 4.79 Å². The molecule has 1 fully saturated rings. The number of esters is 1. The maximum Gasteiger partial charge on any atom is 0.332 e. The minimum Gasteiger partial charge on any atom is -0.459 e. The zero-order chi connectivity index (χ0) is 25.1. The molecule has 9 nitrogen and oxygen atoms in total. The van der Waals surface area contributed by atoms with Gasteiger partial charge in [-0.3, -0.25) is 24.3 Å². The molecule has 33 heavy (non-hydrogen) atoms. The van der Waals surface area contributed by atoms with Crippen LogP contribution in [-0.2, 0) is 23.3 Å². The van der Waals surface area contributed by atoms with Crippen molar-refractivity contribution in [2.24, 2.45) is 0 Å². The van der Waals surface area contributed by atoms with Gasteiger partial charge in [0.25, 0.3) is 0 Å². The van der Waals surface area contributed by atoms with Gasteiger partial charge >= 0.3 is 11.9 Å². The number of hydrogen-bond donors (Lipinski definition) is 1. The average molecular weight is 489 g/mol. The van der Waals surface area contributed by atoms with E-state index >= 15 is 0 Å². The second kappa shape index (κ2) is 14.3. The fourth-order valence-electron chi connectivity index (χ4n) is 3.23. The van der Waals surface area contributed by atoms with Gasteiger partial charge in [0, 0.05) is 57.1 Å². The third-order valence-corrected chi connectivity index (χ3v) is 5.40. The number of rotatable bonds is 7. The molecule has 1 aliphatic rings. The van der Waals surface area contributed by atoms with Crippen LogP contribution in [0.15, 0.2) is 0 Å². The lowest BCUT2D eigenvalue weighted by Gasteiger charge is -2.31. The Balaban J connectivity index is 2.80. The molecule has 0 saturated carbocycles. The summed E-state index contributed by atoms with van der Waals surface area (Å²) >= 11 is 1.18. The number of Topliss-reactive ketones (excluding diaryl/α,β-unsaturated/α-hetero) is 1. The molecule has 0 aliphatic carbocycles. The molecule has 0 radical (unpaired) electrons. The topological polar surface area (TPSA) is 91.4 Å². The van der Waals surface area contributed by atoms with E-state index in [1.807, 2.05) is 46.4 Å². The van der Waals surface area contributed by atoms with Gasteiger partial charge in [0.05, 0.1) is 31.7 Å². The lowest BCUT2D eigenvalue weighted by Crippen LogP contribution is -2.48. The van der Waals surface area contributed by atoms with Gasteiger partial charge in [0.1, 0.15) is 11.4 Å². The second-order valence-corrected chi connectivity index (χ2v) is 12.1. The highest BCUT2D eigenvalue weighted by molar-refractivity contribution is 7.96. The van der Waals surface area contributed by atoms with Crippen LogP contribution in [0.3, 0.4) is 0 Å². The maximum absolute atomic E-state index is 12.5. The van der Waals surface area contributed by atoms with E-state index in [0.717, 1.165) is 19.6 Å². The van der Waals surface area contributed by atoms with Crippen LogP contribution in [0.4, 0.5) is 0 Å². The van der Waals surface area contributed by atoms with Crippen molar-refractivity contribution in [2.45, 2.75) is 58.8 Å². The summed E-state index contributed by atoms with van der Waals surface area (Å²) in [5.41, 5.74) is -0.545. The van der Waals surface area contributed by atoms with Crippen LogP contribution >= 0.6 is 12.0 Å². The van der Waals surface area contributed by atoms with Crippen molar-refractivity contribution < 1.29 is 23.3 Å². The van der Waals surface area contributed by atoms with Gasteiger partial charge in [0.15, 0.2) is 0 Å². The standard InChI is InChI=1S/C23H44N4O5S/c1-19(28)16-25-10-8-24-9-11-26(18-21(30)32-33-23(5,6)7)13-15-27(14-12-25)17-20(29)31-22(2,3)4/h24H,8-18H2,1-7H3. The Kier molecular flexibility index (Phi) is 12.9. The Labute approximate surface area is 204 Å². The Morgan fingerprint density at radius 3 is 1.67 bits per heavy atom. The van der Waals surface area contributed by atoms with Crippen LogP contribution in [-0.4, -0.2) is 115 Å². The molecule has 0 aromatic rings. The third-order valence-electron chi connectivity index (χ3n) is 4.63. The highest BCUT2D eigenvalue weighted by Crippen LogP contribution is 2.24. The van der Waals surface area contributed by atoms with Crippen molar-refractivity contribution >= 4 is 29.8 Å². The van der Waals surface area contributed by atoms with Crippen LogP contribution in [0.5, 0.6) is 0 Å². The SMILES string of the molecule is CC(=O)CN1CCNCCN(CC(=O)OSC(C)(C)C)CCN(CC(=O)OC(C)(C)C)CC1. The Bertz CT molecular complexity index is 633. The molecule has 1 N–H and O–H groups in total. The summed E-state index contributed by atoms with van der Waals surface area (Å²) < 4.78 is 10.7. The highest BCUT2D eigenvalue weighted by Gasteiger charge is 2.22. The molecular formula is C23H44N4O5S. The van der Waals surface area contributed by atoms with Crippen LogP contribution in [0.25, 0.3) is 0 Å². The summed E-state index contributed by atoms with van der Waals surface area (Å²) in [4.78, 5) is 42.7. The summed E-state index contributed by atoms with van der Waals surface area (Å²) in [6, 6.07) is 0. The predicted octanol–water partition coefficient (Wildman–Crippen LogP) is 1.42. The number of hydrogen-bond acceptors (Lipinski definition) is 10. The van der Waals surface area contributed by atoms with E-state index < -0.39 is 5.60 Å². The number of ketones is 1. The van der Waals surface area contributed by atoms with E-state index in [2.05, 4.69) is 15.1 Å². The fourth-order valence-corrected chi connectivity index (χ4v) is 3.62. The van der Waals surface area contributed by atoms with Crippen molar-refractivity contribution in [3.63, 3.8) is 0 Å². The molecule has 0 aromatic heterocycles. The number of carbonyl (C=O) groups is 3. The maximum atomic E-state index is 12.5. The largest absolute Gasteiger partial charge is 0.459 e. The van der Waals surface area contributed by atoms with Crippen LogP contribution < -0.4 is 5.32 Å². The summed E-state index contributed by atoms with van der Waals surface area (Å²) in [5.74, 6) is -0.422. The second-order valence-electron chi connectivity index (χ2n) is 10.5. The van der Waals surface area contributed by atoms with Crippen molar-refractivity contribution in [1.82, 2.24) is 20.0 Å². The lowest BCUT2D eigenvalue weighted by molar-refractivity contribution is -0.156. The monoisotopic (exact) mass is 488 g/mol. The van der Waals surface area contributed by atoms with Gasteiger partial charge < -0.3 is 14.2 Å². The van der Waals surface area contributed by atoms with E-state index in [1.54, 1.807) is 6.92 Å². The molecule has 10 heteroatoms. The van der Waals surface area contributed by atoms with Crippen molar-refractivity contribution in [1.29, 1.82) is 0 Å². The summed E-state index contributed by atoms with van der Waals surface area (Å²) in [6.45, 7) is 19.3. The molecule has 0 unspecified atom stereocenters. The van der Waals surface area contributed by atoms with Crippen LogP contribution in [0, 0.1) is 0 Å². The van der Waals surface area contributed by atoms with Crippen LogP contribution in [0.2, 0.25) is 0 Å². The molecule has 0 atom stereocenters. The molecule has 0 amide bonds. The Hall–Kier alpha value is -1.20. The van der Waals surface area contributed by atoms with Crippen molar-refractivity contribution in [3.8, 4) is 0 Å². The fraction of sp³-hybridized carbons (Fsp3) is 0.870. The van der Waals surface area contributed by atoms with Crippen LogP contribution in [0.1, 0.15) is 48.5 Å². The first-order chi connectivity index (χ1) is 15.2. The lowest BCUT2D eigenvalue weighted by atomic mass is 10.2. The smallest absolute Gasteiger partial charge is 0.332 e. The molecule has 192 valence electrons. The molecular weight excluding hydrogens is 444 g/mol. The summed E-state index contributed by atoms with van der Waals surface area (Å²) in [7, 11) is 0. The van der Waals surface area contributed by atoms with Gasteiger partial charge in [-0.2, -0.15) is 0 Å². The van der Waals surface area contributed by atoms with E-state index in [1.165, 1.54) is 12.0 Å². The number of carbonyl (C=O) groups excluding carboxylic acids is 3. The van der Waals surface area contributed by atoms with Gasteiger partial charge in [-0.1, -0.05) is 0 Å². The molecule has 0 bridgehead atoms. The van der Waals surface area contributed by atoms with Crippen molar-refractivity contribution in [2.75, 3.05) is 72.0 Å². The quantitative estimate of drug-likeness (QED) is 0.419. The van der Waals surface area contributed by atoms with Gasteiger partial charge in [-0.15, -0.1) is 0 Å². The minimum atomic E-state index is -0.545. The van der Waals surface area contributed by atoms with E-state index in [-0.39, 0.29) is 35.6 Å². The molecule has 1 rings (SSSR count). The zero-order valence-electron chi connectivity index (χ0n) is 21.6. The van der Waals surface area contributed by atoms with E-state index in [9.17, 15) is 14.4 Å². The number of nitrogens with zero attached hydrogens (tertiary/aromatic N) is 3. The molecule has 0 spiro atoms. The summed E-state index contributed by atoms with van der Waals surface area (Å²) in [6.07, 6.45) is 0. The number of nitrogens with one attached hydrogen (secondary N) is 1. The Morgan fingerprint density at radius 1 is 0.758 bits per heavy atom. The normalized spacial score (nSPS) is 18.8. The first-order valence-corrected chi connectivity index (χ1v) is 12.5. The summed E-state index contributed by atoms with van der Waals surface area (Å²) in [5, 5.41) is 3.40. The molecule has 1 saturated heterocycles. The van der Waals surface area contributed by atoms with Gasteiger partial charge in [-0.05, 0) is 48.5 Å². The highest BCUT2D eigenvalue weighted by atomic mass is 32.2. The predicted molar refractivity (Wildman–Crippen MR) is 132 cm³/mol. The first-order valence-electron chi connectivity index (χ1n) is 11.7. The first kappa shape index (κ1) is 29.8. The minimum absolute atomic E-state index is 0.124. The van der Waals surface area contributed by atoms with Crippen molar-refractivity contribution in [3.05, 3.63) is 0 Å². The number of ether oxygens (including phenoxy) is 1. The Morgan fingerprint density at radius 2 is 1.21 bits per heavy atom. The molecule has 0 aromatic carbocycles. The van der Waals surface area contributed by atoms with Gasteiger partial charge in [0.2, 0.25) is 0 Å².